The Labute approximate surface area is 161 Å². The monoisotopic (exact) mass is 385 g/mol. The maximum absolute atomic E-state index is 10.6. The SMILES string of the molecule is CCNC[C@H](O)[C@@H](NCC)C(O)c1cnc(C[C@H](O)[C@@H](CO)NCC)cn1. The van der Waals surface area contributed by atoms with Crippen molar-refractivity contribution in [1.29, 1.82) is 0 Å². The summed E-state index contributed by atoms with van der Waals surface area (Å²) < 4.78 is 0. The summed E-state index contributed by atoms with van der Waals surface area (Å²) >= 11 is 0. The lowest BCUT2D eigenvalue weighted by molar-refractivity contribution is 0.0357. The normalized spacial score (nSPS) is 17.3. The van der Waals surface area contributed by atoms with Gasteiger partial charge in [-0.25, -0.2) is 0 Å². The summed E-state index contributed by atoms with van der Waals surface area (Å²) in [4.78, 5) is 8.51. The second kappa shape index (κ2) is 13.1. The summed E-state index contributed by atoms with van der Waals surface area (Å²) in [6.07, 6.45) is 0.601. The summed E-state index contributed by atoms with van der Waals surface area (Å²) in [7, 11) is 0. The molecule has 0 bridgehead atoms. The van der Waals surface area contributed by atoms with E-state index in [9.17, 15) is 20.4 Å². The summed E-state index contributed by atoms with van der Waals surface area (Å²) in [6, 6.07) is -1.01. The molecule has 7 N–H and O–H groups in total. The van der Waals surface area contributed by atoms with E-state index in [-0.39, 0.29) is 13.0 Å². The lowest BCUT2D eigenvalue weighted by atomic mass is 10.0. The zero-order chi connectivity index (χ0) is 20.2. The lowest BCUT2D eigenvalue weighted by Gasteiger charge is -2.28. The highest BCUT2D eigenvalue weighted by atomic mass is 16.3. The molecule has 0 aliphatic rings. The molecule has 0 spiro atoms. The molecule has 9 heteroatoms. The molecule has 0 fully saturated rings. The Morgan fingerprint density at radius 1 is 0.926 bits per heavy atom. The predicted molar refractivity (Wildman–Crippen MR) is 103 cm³/mol. The molecule has 5 atom stereocenters. The standard InChI is InChI=1S/C18H35N5O4/c1-4-19-10-16(26)17(21-6-3)18(27)13-9-22-12(8-23-13)7-15(25)14(11-24)20-5-2/h8-9,14-21,24-27H,4-7,10-11H2,1-3H3/t14-,15+,16+,17-,18?/m1/s1. The van der Waals surface area contributed by atoms with E-state index in [0.717, 1.165) is 6.54 Å². The maximum Gasteiger partial charge on any atom is 0.115 e. The fourth-order valence-electron chi connectivity index (χ4n) is 2.86. The van der Waals surface area contributed by atoms with E-state index in [0.29, 0.717) is 31.0 Å². The van der Waals surface area contributed by atoms with Gasteiger partial charge in [0.15, 0.2) is 0 Å². The third-order valence-electron chi connectivity index (χ3n) is 4.37. The zero-order valence-electron chi connectivity index (χ0n) is 16.5. The van der Waals surface area contributed by atoms with Gasteiger partial charge < -0.3 is 36.4 Å². The van der Waals surface area contributed by atoms with Gasteiger partial charge in [-0.3, -0.25) is 9.97 Å². The molecule has 27 heavy (non-hydrogen) atoms. The van der Waals surface area contributed by atoms with Crippen LogP contribution in [0, 0.1) is 0 Å². The van der Waals surface area contributed by atoms with Crippen LogP contribution in [0.3, 0.4) is 0 Å². The number of aliphatic hydroxyl groups excluding tert-OH is 4. The Morgan fingerprint density at radius 2 is 1.63 bits per heavy atom. The van der Waals surface area contributed by atoms with Gasteiger partial charge in [0.1, 0.15) is 6.10 Å². The van der Waals surface area contributed by atoms with Gasteiger partial charge in [-0.15, -0.1) is 0 Å². The largest absolute Gasteiger partial charge is 0.395 e. The second-order valence-corrected chi connectivity index (χ2v) is 6.45. The van der Waals surface area contributed by atoms with Crippen molar-refractivity contribution in [2.45, 2.75) is 57.6 Å². The topological polar surface area (TPSA) is 143 Å². The van der Waals surface area contributed by atoms with Crippen LogP contribution in [-0.2, 0) is 6.42 Å². The Bertz CT molecular complexity index is 505. The van der Waals surface area contributed by atoms with Crippen LogP contribution >= 0.6 is 0 Å². The molecule has 9 nitrogen and oxygen atoms in total. The van der Waals surface area contributed by atoms with E-state index in [1.54, 1.807) is 0 Å². The summed E-state index contributed by atoms with van der Waals surface area (Å²) in [5, 5.41) is 49.6. The molecule has 1 aromatic heterocycles. The van der Waals surface area contributed by atoms with Gasteiger partial charge in [-0.1, -0.05) is 20.8 Å². The van der Waals surface area contributed by atoms with Crippen LogP contribution in [-0.4, -0.2) is 87.5 Å². The van der Waals surface area contributed by atoms with E-state index < -0.39 is 30.4 Å². The molecule has 0 radical (unpaired) electrons. The van der Waals surface area contributed by atoms with Gasteiger partial charge in [0, 0.05) is 19.2 Å². The minimum atomic E-state index is -1.02. The van der Waals surface area contributed by atoms with Gasteiger partial charge in [0.25, 0.3) is 0 Å². The molecule has 0 saturated carbocycles. The minimum Gasteiger partial charge on any atom is -0.395 e. The van der Waals surface area contributed by atoms with Crippen LogP contribution in [0.15, 0.2) is 12.4 Å². The summed E-state index contributed by atoms with van der Waals surface area (Å²) in [5.41, 5.74) is 0.906. The van der Waals surface area contributed by atoms with Gasteiger partial charge >= 0.3 is 0 Å². The van der Waals surface area contributed by atoms with Crippen molar-refractivity contribution in [2.24, 2.45) is 0 Å². The first-order chi connectivity index (χ1) is 13.0. The quantitative estimate of drug-likeness (QED) is 0.200. The molecule has 1 rings (SSSR count). The summed E-state index contributed by atoms with van der Waals surface area (Å²) in [5.74, 6) is 0. The smallest absolute Gasteiger partial charge is 0.115 e. The number of aromatic nitrogens is 2. The van der Waals surface area contributed by atoms with Crippen LogP contribution in [0.5, 0.6) is 0 Å². The van der Waals surface area contributed by atoms with E-state index in [2.05, 4.69) is 25.9 Å². The number of nitrogens with zero attached hydrogens (tertiary/aromatic N) is 2. The molecule has 1 heterocycles. The highest BCUT2D eigenvalue weighted by molar-refractivity contribution is 5.09. The highest BCUT2D eigenvalue weighted by Crippen LogP contribution is 2.17. The van der Waals surface area contributed by atoms with E-state index >= 15 is 0 Å². The van der Waals surface area contributed by atoms with E-state index in [4.69, 9.17) is 0 Å². The molecule has 0 aliphatic heterocycles. The summed E-state index contributed by atoms with van der Waals surface area (Å²) in [6.45, 7) is 7.89. The van der Waals surface area contributed by atoms with Crippen LogP contribution in [0.2, 0.25) is 0 Å². The van der Waals surface area contributed by atoms with Crippen LogP contribution < -0.4 is 16.0 Å². The van der Waals surface area contributed by atoms with Crippen LogP contribution in [0.1, 0.15) is 38.3 Å². The van der Waals surface area contributed by atoms with Crippen molar-refractivity contribution in [3.8, 4) is 0 Å². The molecular formula is C18H35N5O4. The number of hydrogen-bond donors (Lipinski definition) is 7. The molecule has 0 aliphatic carbocycles. The number of rotatable bonds is 14. The van der Waals surface area contributed by atoms with Crippen LogP contribution in [0.4, 0.5) is 0 Å². The van der Waals surface area contributed by atoms with Gasteiger partial charge in [0.05, 0.1) is 48.5 Å². The average molecular weight is 386 g/mol. The lowest BCUT2D eigenvalue weighted by Crippen LogP contribution is -2.48. The van der Waals surface area contributed by atoms with Crippen molar-refractivity contribution in [3.63, 3.8) is 0 Å². The zero-order valence-corrected chi connectivity index (χ0v) is 16.5. The average Bonchev–Trinajstić information content (AvgIpc) is 2.68. The van der Waals surface area contributed by atoms with Crippen molar-refractivity contribution in [2.75, 3.05) is 32.8 Å². The van der Waals surface area contributed by atoms with Crippen LogP contribution in [0.25, 0.3) is 0 Å². The van der Waals surface area contributed by atoms with E-state index in [1.807, 2.05) is 20.8 Å². The van der Waals surface area contributed by atoms with Crippen molar-refractivity contribution < 1.29 is 20.4 Å². The van der Waals surface area contributed by atoms with Gasteiger partial charge in [-0.2, -0.15) is 0 Å². The Kier molecular flexibility index (Phi) is 11.5. The number of hydrogen-bond acceptors (Lipinski definition) is 9. The molecule has 0 saturated heterocycles. The van der Waals surface area contributed by atoms with E-state index in [1.165, 1.54) is 12.4 Å². The predicted octanol–water partition coefficient (Wildman–Crippen LogP) is -1.67. The number of likely N-dealkylation sites (N-methyl/N-ethyl adjacent to an activating group) is 3. The third-order valence-corrected chi connectivity index (χ3v) is 4.37. The molecule has 0 aromatic carbocycles. The van der Waals surface area contributed by atoms with Crippen molar-refractivity contribution >= 4 is 0 Å². The maximum atomic E-state index is 10.6. The molecule has 1 unspecified atom stereocenters. The molecule has 1 aromatic rings. The van der Waals surface area contributed by atoms with Gasteiger partial charge in [-0.05, 0) is 19.6 Å². The Balaban J connectivity index is 2.77. The Hall–Kier alpha value is -1.20. The second-order valence-electron chi connectivity index (χ2n) is 6.45. The fraction of sp³-hybridized carbons (Fsp3) is 0.778. The molecular weight excluding hydrogens is 350 g/mol. The first-order valence-corrected chi connectivity index (χ1v) is 9.61. The number of nitrogens with one attached hydrogen (secondary N) is 3. The minimum absolute atomic E-state index is 0.173. The van der Waals surface area contributed by atoms with Gasteiger partial charge in [0.2, 0.25) is 0 Å². The molecule has 0 amide bonds. The fourth-order valence-corrected chi connectivity index (χ4v) is 2.86. The van der Waals surface area contributed by atoms with Crippen molar-refractivity contribution in [1.82, 2.24) is 25.9 Å². The van der Waals surface area contributed by atoms with Crippen molar-refractivity contribution in [3.05, 3.63) is 23.8 Å². The Morgan fingerprint density at radius 3 is 2.15 bits per heavy atom. The first-order valence-electron chi connectivity index (χ1n) is 9.61. The number of aliphatic hydroxyl groups is 4. The highest BCUT2D eigenvalue weighted by Gasteiger charge is 2.28. The first kappa shape index (κ1) is 23.8. The molecule has 156 valence electrons. The third kappa shape index (κ3) is 7.74.